The fourth-order valence-corrected chi connectivity index (χ4v) is 5.52. The second kappa shape index (κ2) is 11.9. The molecule has 4 N–H and O–H groups in total. The van der Waals surface area contributed by atoms with Gasteiger partial charge in [-0.1, -0.05) is 146 Å². The summed E-state index contributed by atoms with van der Waals surface area (Å²) in [7, 11) is 0. The predicted molar refractivity (Wildman–Crippen MR) is 174 cm³/mol. The lowest BCUT2D eigenvalue weighted by molar-refractivity contribution is 1.58. The Bertz CT molecular complexity index is 1750. The van der Waals surface area contributed by atoms with Crippen LogP contribution in [-0.4, -0.2) is 8.75 Å². The average molecular weight is 549 g/mol. The second-order valence-corrected chi connectivity index (χ2v) is 10.1. The zero-order chi connectivity index (χ0) is 28.0. The largest absolute Gasteiger partial charge is 0.397 e. The molecule has 0 bridgehead atoms. The molecule has 0 atom stereocenters. The van der Waals surface area contributed by atoms with Gasteiger partial charge in [0.2, 0.25) is 0 Å². The van der Waals surface area contributed by atoms with Crippen LogP contribution in [0.15, 0.2) is 146 Å². The Morgan fingerprint density at radius 3 is 0.927 bits per heavy atom. The highest BCUT2D eigenvalue weighted by Gasteiger charge is 2.13. The Morgan fingerprint density at radius 2 is 0.610 bits per heavy atom. The Labute approximate surface area is 243 Å². The first-order valence-corrected chi connectivity index (χ1v) is 14.1. The highest BCUT2D eigenvalue weighted by atomic mass is 32.1. The van der Waals surface area contributed by atoms with Gasteiger partial charge in [-0.2, -0.15) is 8.75 Å². The number of nitrogens with zero attached hydrogens (tertiary/aromatic N) is 2. The van der Waals surface area contributed by atoms with E-state index in [9.17, 15) is 0 Å². The van der Waals surface area contributed by atoms with Crippen LogP contribution in [0, 0.1) is 0 Å². The van der Waals surface area contributed by atoms with Crippen LogP contribution >= 0.6 is 11.7 Å². The van der Waals surface area contributed by atoms with E-state index in [0.29, 0.717) is 11.4 Å². The third-order valence-corrected chi connectivity index (χ3v) is 7.57. The van der Waals surface area contributed by atoms with Gasteiger partial charge in [-0.15, -0.1) is 0 Å². The van der Waals surface area contributed by atoms with Crippen molar-refractivity contribution in [2.75, 3.05) is 11.5 Å². The molecule has 0 radical (unpaired) electrons. The first kappa shape index (κ1) is 26.0. The van der Waals surface area contributed by atoms with Crippen molar-refractivity contribution < 1.29 is 0 Å². The molecular weight excluding hydrogens is 520 g/mol. The van der Waals surface area contributed by atoms with E-state index in [1.807, 2.05) is 109 Å². The third-order valence-electron chi connectivity index (χ3n) is 7.04. The van der Waals surface area contributed by atoms with Gasteiger partial charge in [0.1, 0.15) is 11.0 Å². The van der Waals surface area contributed by atoms with E-state index in [4.69, 9.17) is 11.5 Å². The SMILES string of the molecule is Nc1c(-c2ccccc2)ccc(-c2ccccc2)c1N.c1ccc(-c2ccc(-c3ccccc3)c3nsnc23)cc1. The van der Waals surface area contributed by atoms with E-state index >= 15 is 0 Å². The van der Waals surface area contributed by atoms with Gasteiger partial charge in [0.15, 0.2) is 0 Å². The van der Waals surface area contributed by atoms with Crippen LogP contribution in [0.2, 0.25) is 0 Å². The molecule has 0 saturated carbocycles. The summed E-state index contributed by atoms with van der Waals surface area (Å²) in [5.74, 6) is 0. The normalized spacial score (nSPS) is 10.6. The topological polar surface area (TPSA) is 77.8 Å². The number of benzene rings is 6. The summed E-state index contributed by atoms with van der Waals surface area (Å²) in [6.45, 7) is 0. The van der Waals surface area contributed by atoms with Crippen molar-refractivity contribution >= 4 is 34.1 Å². The second-order valence-electron chi connectivity index (χ2n) is 9.57. The minimum Gasteiger partial charge on any atom is -0.397 e. The number of aromatic nitrogens is 2. The molecule has 1 aromatic heterocycles. The summed E-state index contributed by atoms with van der Waals surface area (Å²) in [6.07, 6.45) is 0. The summed E-state index contributed by atoms with van der Waals surface area (Å²) < 4.78 is 9.02. The number of anilines is 2. The monoisotopic (exact) mass is 548 g/mol. The highest BCUT2D eigenvalue weighted by Crippen LogP contribution is 2.37. The lowest BCUT2D eigenvalue weighted by atomic mass is 9.96. The first-order chi connectivity index (χ1) is 20.2. The summed E-state index contributed by atoms with van der Waals surface area (Å²) in [5, 5.41) is 0. The summed E-state index contributed by atoms with van der Waals surface area (Å²) in [5.41, 5.74) is 24.4. The van der Waals surface area contributed by atoms with E-state index < -0.39 is 0 Å². The molecule has 7 rings (SSSR count). The van der Waals surface area contributed by atoms with Gasteiger partial charge < -0.3 is 11.5 Å². The fourth-order valence-electron chi connectivity index (χ4n) is 4.94. The van der Waals surface area contributed by atoms with E-state index in [2.05, 4.69) is 45.1 Å². The maximum atomic E-state index is 6.23. The van der Waals surface area contributed by atoms with Crippen LogP contribution < -0.4 is 11.5 Å². The quantitative estimate of drug-likeness (QED) is 0.215. The van der Waals surface area contributed by atoms with Crippen LogP contribution in [0.1, 0.15) is 0 Å². The van der Waals surface area contributed by atoms with Crippen molar-refractivity contribution in [1.82, 2.24) is 8.75 Å². The van der Waals surface area contributed by atoms with Crippen LogP contribution in [0.3, 0.4) is 0 Å². The van der Waals surface area contributed by atoms with Crippen LogP contribution in [0.25, 0.3) is 55.5 Å². The Kier molecular flexibility index (Phi) is 7.52. The van der Waals surface area contributed by atoms with Crippen molar-refractivity contribution in [1.29, 1.82) is 0 Å². The molecule has 5 heteroatoms. The minimum absolute atomic E-state index is 0.637. The fraction of sp³-hybridized carbons (Fsp3) is 0. The summed E-state index contributed by atoms with van der Waals surface area (Å²) in [6, 6.07) is 49.1. The molecule has 0 unspecified atom stereocenters. The van der Waals surface area contributed by atoms with Gasteiger partial charge in [0, 0.05) is 22.3 Å². The maximum Gasteiger partial charge on any atom is 0.113 e. The van der Waals surface area contributed by atoms with Gasteiger partial charge in [0.25, 0.3) is 0 Å². The molecule has 0 spiro atoms. The first-order valence-electron chi connectivity index (χ1n) is 13.4. The Morgan fingerprint density at radius 1 is 0.341 bits per heavy atom. The lowest BCUT2D eigenvalue weighted by Gasteiger charge is -2.13. The number of hydrogen-bond acceptors (Lipinski definition) is 5. The minimum atomic E-state index is 0.637. The highest BCUT2D eigenvalue weighted by molar-refractivity contribution is 7.00. The summed E-state index contributed by atoms with van der Waals surface area (Å²) in [4.78, 5) is 0. The van der Waals surface area contributed by atoms with Gasteiger partial charge in [-0.25, -0.2) is 0 Å². The molecule has 198 valence electrons. The smallest absolute Gasteiger partial charge is 0.113 e. The third kappa shape index (κ3) is 5.44. The van der Waals surface area contributed by atoms with Gasteiger partial charge in [-0.05, 0) is 22.3 Å². The molecule has 0 aliphatic carbocycles. The van der Waals surface area contributed by atoms with E-state index in [1.54, 1.807) is 0 Å². The van der Waals surface area contributed by atoms with Gasteiger partial charge in [-0.3, -0.25) is 0 Å². The van der Waals surface area contributed by atoms with Crippen molar-refractivity contribution in [3.63, 3.8) is 0 Å². The molecule has 41 heavy (non-hydrogen) atoms. The molecule has 0 aliphatic heterocycles. The number of fused-ring (bicyclic) bond motifs is 1. The maximum absolute atomic E-state index is 6.23. The number of hydrogen-bond donors (Lipinski definition) is 2. The molecule has 7 aromatic rings. The number of nitrogen functional groups attached to an aromatic ring is 2. The van der Waals surface area contributed by atoms with Crippen LogP contribution in [0.4, 0.5) is 11.4 Å². The molecule has 6 aromatic carbocycles. The molecule has 0 aliphatic rings. The molecule has 1 heterocycles. The van der Waals surface area contributed by atoms with Gasteiger partial charge in [0.05, 0.1) is 23.1 Å². The van der Waals surface area contributed by atoms with Crippen LogP contribution in [0.5, 0.6) is 0 Å². The van der Waals surface area contributed by atoms with Crippen molar-refractivity contribution in [2.45, 2.75) is 0 Å². The van der Waals surface area contributed by atoms with Crippen molar-refractivity contribution in [2.24, 2.45) is 0 Å². The van der Waals surface area contributed by atoms with Gasteiger partial charge >= 0.3 is 0 Å². The zero-order valence-electron chi connectivity index (χ0n) is 22.3. The predicted octanol–water partition coefficient (Wildman–Crippen LogP) is 9.21. The standard InChI is InChI=1S/C18H12N2S.C18H16N2/c1-3-7-13(8-4-1)15-11-12-16(14-9-5-2-6-10-14)18-17(15)19-21-20-18;19-17-15(13-7-3-1-4-8-13)11-12-16(18(17)20)14-9-5-2-6-10-14/h1-12H;1-12H,19-20H2. The molecule has 4 nitrogen and oxygen atoms in total. The number of rotatable bonds is 4. The lowest BCUT2D eigenvalue weighted by Crippen LogP contribution is -1.99. The zero-order valence-corrected chi connectivity index (χ0v) is 23.1. The van der Waals surface area contributed by atoms with E-state index in [-0.39, 0.29) is 0 Å². The molecule has 0 saturated heterocycles. The Hall–Kier alpha value is -5.26. The van der Waals surface area contributed by atoms with E-state index in [0.717, 1.165) is 44.4 Å². The van der Waals surface area contributed by atoms with E-state index in [1.165, 1.54) is 22.9 Å². The molecule has 0 amide bonds. The van der Waals surface area contributed by atoms with Crippen molar-refractivity contribution in [3.8, 4) is 44.5 Å². The van der Waals surface area contributed by atoms with Crippen LogP contribution in [-0.2, 0) is 0 Å². The molecule has 0 fully saturated rings. The average Bonchev–Trinajstić information content (AvgIpc) is 3.54. The summed E-state index contributed by atoms with van der Waals surface area (Å²) >= 11 is 1.27. The Balaban J connectivity index is 0.000000148. The molecular formula is C36H28N4S. The van der Waals surface area contributed by atoms with Crippen molar-refractivity contribution in [3.05, 3.63) is 146 Å². The number of nitrogens with two attached hydrogens (primary N) is 2.